The number of rotatable bonds is 4. The maximum Gasteiger partial charge on any atom is 0.226 e. The Bertz CT molecular complexity index is 881. The van der Waals surface area contributed by atoms with Crippen molar-refractivity contribution in [1.29, 1.82) is 0 Å². The van der Waals surface area contributed by atoms with Crippen LogP contribution in [0.5, 0.6) is 0 Å². The summed E-state index contributed by atoms with van der Waals surface area (Å²) in [5, 5.41) is 9.82. The van der Waals surface area contributed by atoms with Crippen molar-refractivity contribution in [3.8, 4) is 0 Å². The zero-order valence-electron chi connectivity index (χ0n) is 16.1. The molecule has 6 nitrogen and oxygen atoms in total. The Morgan fingerprint density at radius 1 is 1.25 bits per heavy atom. The summed E-state index contributed by atoms with van der Waals surface area (Å²) in [6.45, 7) is 6.56. The first kappa shape index (κ1) is 19.3. The first-order valence-electron chi connectivity index (χ1n) is 9.90. The van der Waals surface area contributed by atoms with E-state index in [1.807, 2.05) is 31.2 Å². The standard InChI is InChI=1S/C21H25ClN4O2/c1-14-20-18(12-16(13-19(20)28)15-3-2-4-17(22)11-15)24-21(23-14)26-7-5-25(6-8-26)9-10-27/h2-4,11,16,27H,5-10,12-13H2,1H3/p+1/t16-/m0/s1. The molecule has 2 N–H and O–H groups in total. The van der Waals surface area contributed by atoms with Gasteiger partial charge in [0.25, 0.3) is 0 Å². The molecule has 2 heterocycles. The lowest BCUT2D eigenvalue weighted by Crippen LogP contribution is -3.15. The van der Waals surface area contributed by atoms with Gasteiger partial charge in [-0.3, -0.25) is 4.79 Å². The highest BCUT2D eigenvalue weighted by Crippen LogP contribution is 2.34. The summed E-state index contributed by atoms with van der Waals surface area (Å²) in [4.78, 5) is 25.9. The molecule has 2 aliphatic rings. The van der Waals surface area contributed by atoms with Gasteiger partial charge in [-0.1, -0.05) is 23.7 Å². The molecule has 1 atom stereocenters. The van der Waals surface area contributed by atoms with Gasteiger partial charge < -0.3 is 14.9 Å². The Labute approximate surface area is 170 Å². The Morgan fingerprint density at radius 3 is 2.75 bits per heavy atom. The van der Waals surface area contributed by atoms with Crippen LogP contribution in [-0.2, 0) is 6.42 Å². The van der Waals surface area contributed by atoms with Crippen LogP contribution in [0.4, 0.5) is 5.95 Å². The Morgan fingerprint density at radius 2 is 2.04 bits per heavy atom. The van der Waals surface area contributed by atoms with Crippen LogP contribution >= 0.6 is 11.6 Å². The molecular weight excluding hydrogens is 376 g/mol. The number of aliphatic hydroxyl groups is 1. The Hall–Kier alpha value is -2.02. The number of aliphatic hydroxyl groups excluding tert-OH is 1. The summed E-state index contributed by atoms with van der Waals surface area (Å²) >= 11 is 6.15. The van der Waals surface area contributed by atoms with E-state index < -0.39 is 0 Å². The molecule has 0 spiro atoms. The average Bonchev–Trinajstić information content (AvgIpc) is 2.68. The van der Waals surface area contributed by atoms with Gasteiger partial charge in [0.1, 0.15) is 6.54 Å². The maximum absolute atomic E-state index is 12.8. The number of aryl methyl sites for hydroxylation is 1. The number of nitrogens with one attached hydrogen (secondary N) is 1. The molecule has 2 aromatic rings. The van der Waals surface area contributed by atoms with Crippen LogP contribution in [0.15, 0.2) is 24.3 Å². The highest BCUT2D eigenvalue weighted by molar-refractivity contribution is 6.30. The first-order valence-corrected chi connectivity index (χ1v) is 10.3. The molecule has 1 saturated heterocycles. The SMILES string of the molecule is Cc1nc(N2CC[NH+](CCO)CC2)nc2c1C(=O)C[C@@H](c1cccc(Cl)c1)C2. The monoisotopic (exact) mass is 401 g/mol. The number of ketones is 1. The predicted octanol–water partition coefficient (Wildman–Crippen LogP) is 1.05. The number of Topliss-reactive ketones (excluding diaryl/α,β-unsaturated/α-hetero) is 1. The predicted molar refractivity (Wildman–Crippen MR) is 108 cm³/mol. The summed E-state index contributed by atoms with van der Waals surface area (Å²) in [5.74, 6) is 0.943. The fourth-order valence-corrected chi connectivity index (χ4v) is 4.53. The molecule has 1 aromatic heterocycles. The molecule has 0 amide bonds. The minimum atomic E-state index is 0.103. The number of halogens is 1. The van der Waals surface area contributed by atoms with E-state index in [2.05, 4.69) is 9.88 Å². The van der Waals surface area contributed by atoms with E-state index in [-0.39, 0.29) is 18.3 Å². The van der Waals surface area contributed by atoms with E-state index in [0.717, 1.165) is 62.0 Å². The minimum absolute atomic E-state index is 0.103. The molecule has 1 aromatic carbocycles. The molecule has 28 heavy (non-hydrogen) atoms. The molecule has 0 bridgehead atoms. The second kappa shape index (κ2) is 8.15. The van der Waals surface area contributed by atoms with Crippen molar-refractivity contribution in [3.05, 3.63) is 51.8 Å². The van der Waals surface area contributed by atoms with Gasteiger partial charge in [0.05, 0.1) is 49.7 Å². The van der Waals surface area contributed by atoms with Crippen molar-refractivity contribution in [2.24, 2.45) is 0 Å². The van der Waals surface area contributed by atoms with Crippen LogP contribution in [0.2, 0.25) is 5.02 Å². The number of carbonyl (C=O) groups excluding carboxylic acids is 1. The van der Waals surface area contributed by atoms with Gasteiger partial charge in [-0.2, -0.15) is 0 Å². The number of hydrogen-bond acceptors (Lipinski definition) is 5. The lowest BCUT2D eigenvalue weighted by molar-refractivity contribution is -0.900. The van der Waals surface area contributed by atoms with Crippen LogP contribution < -0.4 is 9.80 Å². The van der Waals surface area contributed by atoms with Crippen LogP contribution in [0.3, 0.4) is 0 Å². The number of benzene rings is 1. The smallest absolute Gasteiger partial charge is 0.226 e. The van der Waals surface area contributed by atoms with Crippen LogP contribution in [-0.4, -0.2) is 60.2 Å². The third-order valence-corrected chi connectivity index (χ3v) is 6.08. The number of hydrogen-bond donors (Lipinski definition) is 2. The van der Waals surface area contributed by atoms with Gasteiger partial charge in [-0.15, -0.1) is 0 Å². The Kier molecular flexibility index (Phi) is 5.62. The zero-order valence-corrected chi connectivity index (χ0v) is 16.9. The minimum Gasteiger partial charge on any atom is -0.391 e. The van der Waals surface area contributed by atoms with Crippen LogP contribution in [0, 0.1) is 6.92 Å². The number of carbonyl (C=O) groups is 1. The lowest BCUT2D eigenvalue weighted by Gasteiger charge is -2.33. The van der Waals surface area contributed by atoms with Crippen molar-refractivity contribution in [2.45, 2.75) is 25.7 Å². The third-order valence-electron chi connectivity index (χ3n) is 5.84. The maximum atomic E-state index is 12.8. The van der Waals surface area contributed by atoms with E-state index in [9.17, 15) is 4.79 Å². The van der Waals surface area contributed by atoms with Crippen molar-refractivity contribution >= 4 is 23.3 Å². The zero-order chi connectivity index (χ0) is 19.7. The number of nitrogens with zero attached hydrogens (tertiary/aromatic N) is 3. The fourth-order valence-electron chi connectivity index (χ4n) is 4.33. The molecule has 4 rings (SSSR count). The number of fused-ring (bicyclic) bond motifs is 1. The summed E-state index contributed by atoms with van der Waals surface area (Å²) in [5.41, 5.74) is 3.42. The normalized spacial score (nSPS) is 20.3. The molecule has 7 heteroatoms. The van der Waals surface area contributed by atoms with Gasteiger partial charge in [0, 0.05) is 11.4 Å². The van der Waals surface area contributed by atoms with Crippen molar-refractivity contribution in [2.75, 3.05) is 44.2 Å². The number of aromatic nitrogens is 2. The quantitative estimate of drug-likeness (QED) is 0.801. The van der Waals surface area contributed by atoms with Gasteiger partial charge in [-0.05, 0) is 37.0 Å². The summed E-state index contributed by atoms with van der Waals surface area (Å²) in [6, 6.07) is 7.77. The fraction of sp³-hybridized carbons (Fsp3) is 0.476. The molecule has 0 saturated carbocycles. The summed E-state index contributed by atoms with van der Waals surface area (Å²) in [6.07, 6.45) is 1.20. The van der Waals surface area contributed by atoms with Crippen LogP contribution in [0.25, 0.3) is 0 Å². The Balaban J connectivity index is 1.58. The van der Waals surface area contributed by atoms with Crippen LogP contribution in [0.1, 0.15) is 39.6 Å². The van der Waals surface area contributed by atoms with E-state index in [0.29, 0.717) is 17.0 Å². The van der Waals surface area contributed by atoms with Gasteiger partial charge >= 0.3 is 0 Å². The summed E-state index contributed by atoms with van der Waals surface area (Å²) < 4.78 is 0. The van der Waals surface area contributed by atoms with E-state index in [4.69, 9.17) is 21.7 Å². The molecule has 148 valence electrons. The number of anilines is 1. The van der Waals surface area contributed by atoms with E-state index in [1.165, 1.54) is 4.90 Å². The molecule has 1 fully saturated rings. The highest BCUT2D eigenvalue weighted by atomic mass is 35.5. The molecule has 1 aliphatic carbocycles. The third kappa shape index (κ3) is 3.90. The molecule has 0 unspecified atom stereocenters. The van der Waals surface area contributed by atoms with Crippen molar-refractivity contribution in [1.82, 2.24) is 9.97 Å². The second-order valence-corrected chi connectivity index (χ2v) is 8.16. The van der Waals surface area contributed by atoms with Gasteiger partial charge in [0.15, 0.2) is 5.78 Å². The molecular formula is C21H26ClN4O2+. The second-order valence-electron chi connectivity index (χ2n) is 7.72. The highest BCUT2D eigenvalue weighted by Gasteiger charge is 2.31. The number of piperazine rings is 1. The first-order chi connectivity index (χ1) is 13.5. The lowest BCUT2D eigenvalue weighted by atomic mass is 9.81. The average molecular weight is 402 g/mol. The van der Waals surface area contributed by atoms with E-state index >= 15 is 0 Å². The molecule has 0 radical (unpaired) electrons. The van der Waals surface area contributed by atoms with Crippen molar-refractivity contribution in [3.63, 3.8) is 0 Å². The van der Waals surface area contributed by atoms with Gasteiger partial charge in [0.2, 0.25) is 5.95 Å². The number of quaternary nitrogens is 1. The molecule has 1 aliphatic heterocycles. The summed E-state index contributed by atoms with van der Waals surface area (Å²) in [7, 11) is 0. The topological polar surface area (TPSA) is 70.8 Å². The van der Waals surface area contributed by atoms with Gasteiger partial charge in [-0.25, -0.2) is 9.97 Å². The largest absolute Gasteiger partial charge is 0.391 e. The van der Waals surface area contributed by atoms with E-state index in [1.54, 1.807) is 0 Å². The van der Waals surface area contributed by atoms with Crippen molar-refractivity contribution < 1.29 is 14.8 Å².